The number of pyridine rings is 1. The molecule has 0 radical (unpaired) electrons. The van der Waals surface area contributed by atoms with Crippen molar-refractivity contribution in [1.29, 1.82) is 0 Å². The largest absolute Gasteiger partial charge is 0.393 e. The Labute approximate surface area is 154 Å². The maximum absolute atomic E-state index is 12.8. The number of hydrogen-bond donors (Lipinski definition) is 1. The zero-order valence-corrected chi connectivity index (χ0v) is 15.2. The molecule has 6 heteroatoms. The lowest BCUT2D eigenvalue weighted by atomic mass is 9.72. The topological polar surface area (TPSA) is 71.9 Å². The van der Waals surface area contributed by atoms with Crippen LogP contribution in [-0.4, -0.2) is 59.4 Å². The number of likely N-dealkylation sites (tertiary alicyclic amines) is 1. The number of aliphatic hydroxyl groups excluding tert-OH is 1. The Kier molecular flexibility index (Phi) is 5.25. The summed E-state index contributed by atoms with van der Waals surface area (Å²) < 4.78 is 12.1. The van der Waals surface area contributed by atoms with E-state index in [9.17, 15) is 9.90 Å². The minimum atomic E-state index is -0.294. The summed E-state index contributed by atoms with van der Waals surface area (Å²) in [5.41, 5.74) is 0.999. The lowest BCUT2D eigenvalue weighted by Crippen LogP contribution is -2.59. The molecule has 1 aromatic rings. The number of ether oxygens (including phenoxy) is 2. The molecule has 1 saturated carbocycles. The highest BCUT2D eigenvalue weighted by Crippen LogP contribution is 2.42. The van der Waals surface area contributed by atoms with Gasteiger partial charge in [-0.1, -0.05) is 0 Å². The molecule has 0 unspecified atom stereocenters. The first-order chi connectivity index (χ1) is 12.7. The van der Waals surface area contributed by atoms with Gasteiger partial charge in [0.15, 0.2) is 0 Å². The van der Waals surface area contributed by atoms with Gasteiger partial charge in [0.25, 0.3) is 0 Å². The SMILES string of the molecule is O=C(C1CC(O)C1)N1CC[C@@H]2OCCC[C@]2(COCc2ccncc2)C1. The molecule has 1 amide bonds. The Balaban J connectivity index is 1.40. The zero-order valence-electron chi connectivity index (χ0n) is 15.2. The molecule has 26 heavy (non-hydrogen) atoms. The number of rotatable bonds is 5. The lowest BCUT2D eigenvalue weighted by molar-refractivity contribution is -0.171. The third-order valence-corrected chi connectivity index (χ3v) is 6.17. The fraction of sp³-hybridized carbons (Fsp3) is 0.700. The molecule has 2 saturated heterocycles. The maximum atomic E-state index is 12.8. The van der Waals surface area contributed by atoms with E-state index in [0.717, 1.165) is 38.0 Å². The summed E-state index contributed by atoms with van der Waals surface area (Å²) in [6, 6.07) is 3.93. The molecule has 2 aliphatic heterocycles. The van der Waals surface area contributed by atoms with Gasteiger partial charge in [0.05, 0.1) is 25.4 Å². The van der Waals surface area contributed by atoms with Crippen LogP contribution in [0.1, 0.15) is 37.7 Å². The second-order valence-corrected chi connectivity index (χ2v) is 8.04. The van der Waals surface area contributed by atoms with Gasteiger partial charge < -0.3 is 19.5 Å². The van der Waals surface area contributed by atoms with Gasteiger partial charge in [-0.15, -0.1) is 0 Å². The fourth-order valence-corrected chi connectivity index (χ4v) is 4.59. The van der Waals surface area contributed by atoms with E-state index in [2.05, 4.69) is 4.98 Å². The Bertz CT molecular complexity index is 619. The van der Waals surface area contributed by atoms with Crippen LogP contribution in [-0.2, 0) is 20.9 Å². The first-order valence-corrected chi connectivity index (χ1v) is 9.71. The van der Waals surface area contributed by atoms with E-state index in [1.807, 2.05) is 17.0 Å². The van der Waals surface area contributed by atoms with Crippen molar-refractivity contribution in [2.45, 2.75) is 50.9 Å². The number of fused-ring (bicyclic) bond motifs is 1. The van der Waals surface area contributed by atoms with Crippen LogP contribution in [0.3, 0.4) is 0 Å². The summed E-state index contributed by atoms with van der Waals surface area (Å²) in [7, 11) is 0. The van der Waals surface area contributed by atoms with Crippen molar-refractivity contribution < 1.29 is 19.4 Å². The van der Waals surface area contributed by atoms with E-state index < -0.39 is 0 Å². The van der Waals surface area contributed by atoms with Crippen molar-refractivity contribution in [3.63, 3.8) is 0 Å². The van der Waals surface area contributed by atoms with E-state index in [1.54, 1.807) is 12.4 Å². The molecule has 4 rings (SSSR count). The molecule has 0 bridgehead atoms. The Morgan fingerprint density at radius 2 is 2.19 bits per heavy atom. The molecule has 1 N–H and O–H groups in total. The molecule has 2 atom stereocenters. The van der Waals surface area contributed by atoms with Gasteiger partial charge in [-0.2, -0.15) is 0 Å². The van der Waals surface area contributed by atoms with Crippen LogP contribution >= 0.6 is 0 Å². The highest BCUT2D eigenvalue weighted by Gasteiger charge is 2.48. The lowest BCUT2D eigenvalue weighted by Gasteiger charge is -2.51. The van der Waals surface area contributed by atoms with E-state index in [0.29, 0.717) is 32.6 Å². The summed E-state index contributed by atoms with van der Waals surface area (Å²) in [5, 5.41) is 9.51. The fourth-order valence-electron chi connectivity index (χ4n) is 4.59. The number of aromatic nitrogens is 1. The molecule has 3 heterocycles. The second-order valence-electron chi connectivity index (χ2n) is 8.04. The molecule has 6 nitrogen and oxygen atoms in total. The van der Waals surface area contributed by atoms with E-state index in [-0.39, 0.29) is 29.4 Å². The van der Waals surface area contributed by atoms with Gasteiger partial charge in [0.2, 0.25) is 5.91 Å². The van der Waals surface area contributed by atoms with Crippen LogP contribution in [0.4, 0.5) is 0 Å². The van der Waals surface area contributed by atoms with Gasteiger partial charge >= 0.3 is 0 Å². The maximum Gasteiger partial charge on any atom is 0.225 e. The summed E-state index contributed by atoms with van der Waals surface area (Å²) in [5.74, 6) is 0.202. The number of hydrogen-bond acceptors (Lipinski definition) is 5. The van der Waals surface area contributed by atoms with Gasteiger partial charge in [0, 0.05) is 43.4 Å². The van der Waals surface area contributed by atoms with Crippen LogP contribution < -0.4 is 0 Å². The number of aliphatic hydroxyl groups is 1. The van der Waals surface area contributed by atoms with Crippen molar-refractivity contribution in [3.05, 3.63) is 30.1 Å². The summed E-state index contributed by atoms with van der Waals surface area (Å²) in [4.78, 5) is 18.8. The molecule has 1 aliphatic carbocycles. The van der Waals surface area contributed by atoms with Crippen LogP contribution in [0.2, 0.25) is 0 Å². The third kappa shape index (κ3) is 3.63. The average Bonchev–Trinajstić information content (AvgIpc) is 2.65. The number of nitrogens with zero attached hydrogens (tertiary/aromatic N) is 2. The molecule has 0 spiro atoms. The Hall–Kier alpha value is -1.50. The second kappa shape index (κ2) is 7.62. The molecule has 3 fully saturated rings. The number of amides is 1. The van der Waals surface area contributed by atoms with E-state index in [1.165, 1.54) is 0 Å². The molecule has 1 aromatic heterocycles. The molecule has 0 aromatic carbocycles. The summed E-state index contributed by atoms with van der Waals surface area (Å²) in [6.07, 6.45) is 7.57. The summed E-state index contributed by atoms with van der Waals surface area (Å²) >= 11 is 0. The van der Waals surface area contributed by atoms with Gasteiger partial charge in [-0.3, -0.25) is 9.78 Å². The number of carbonyl (C=O) groups excluding carboxylic acids is 1. The molecular formula is C20H28N2O4. The standard InChI is InChI=1S/C20H28N2O4/c23-17-10-16(11-17)19(24)22-8-4-18-20(13-22,5-1-9-26-18)14-25-12-15-2-6-21-7-3-15/h2-3,6-7,16-18,23H,1,4-5,8-14H2/t16?,17?,18-,20+/m0/s1. The highest BCUT2D eigenvalue weighted by atomic mass is 16.5. The quantitative estimate of drug-likeness (QED) is 0.866. The van der Waals surface area contributed by atoms with Crippen LogP contribution in [0.25, 0.3) is 0 Å². The van der Waals surface area contributed by atoms with Gasteiger partial charge in [-0.05, 0) is 49.8 Å². The minimum Gasteiger partial charge on any atom is -0.393 e. The van der Waals surface area contributed by atoms with Crippen molar-refractivity contribution in [2.75, 3.05) is 26.3 Å². The van der Waals surface area contributed by atoms with Gasteiger partial charge in [0.1, 0.15) is 0 Å². The predicted octanol–water partition coefficient (Wildman–Crippen LogP) is 1.77. The van der Waals surface area contributed by atoms with Crippen molar-refractivity contribution in [2.24, 2.45) is 11.3 Å². The molecule has 142 valence electrons. The number of piperidine rings is 1. The zero-order chi connectivity index (χ0) is 18.0. The number of carbonyl (C=O) groups is 1. The Morgan fingerprint density at radius 3 is 2.96 bits per heavy atom. The predicted molar refractivity (Wildman–Crippen MR) is 95.2 cm³/mol. The van der Waals surface area contributed by atoms with E-state index in [4.69, 9.17) is 9.47 Å². The highest BCUT2D eigenvalue weighted by molar-refractivity contribution is 5.80. The van der Waals surface area contributed by atoms with Gasteiger partial charge in [-0.25, -0.2) is 0 Å². The van der Waals surface area contributed by atoms with Crippen LogP contribution in [0.5, 0.6) is 0 Å². The summed E-state index contributed by atoms with van der Waals surface area (Å²) in [6.45, 7) is 3.43. The van der Waals surface area contributed by atoms with Crippen LogP contribution in [0.15, 0.2) is 24.5 Å². The minimum absolute atomic E-state index is 0.000783. The average molecular weight is 360 g/mol. The first kappa shape index (κ1) is 17.9. The Morgan fingerprint density at radius 1 is 1.38 bits per heavy atom. The van der Waals surface area contributed by atoms with Crippen molar-refractivity contribution in [1.82, 2.24) is 9.88 Å². The smallest absolute Gasteiger partial charge is 0.225 e. The van der Waals surface area contributed by atoms with Crippen molar-refractivity contribution in [3.8, 4) is 0 Å². The van der Waals surface area contributed by atoms with E-state index >= 15 is 0 Å². The first-order valence-electron chi connectivity index (χ1n) is 9.71. The monoisotopic (exact) mass is 360 g/mol. The van der Waals surface area contributed by atoms with Crippen molar-refractivity contribution >= 4 is 5.91 Å². The van der Waals surface area contributed by atoms with Crippen LogP contribution in [0, 0.1) is 11.3 Å². The molecular weight excluding hydrogens is 332 g/mol. The third-order valence-electron chi connectivity index (χ3n) is 6.17. The normalized spacial score (nSPS) is 34.0. The molecule has 3 aliphatic rings.